The molecule has 0 spiro atoms. The zero-order chi connectivity index (χ0) is 16.4. The van der Waals surface area contributed by atoms with Gasteiger partial charge in [-0.1, -0.05) is 35.3 Å². The minimum atomic E-state index is -0.176. The van der Waals surface area contributed by atoms with Crippen LogP contribution in [-0.2, 0) is 6.42 Å². The van der Waals surface area contributed by atoms with Crippen molar-refractivity contribution < 1.29 is 4.39 Å². The molecule has 23 heavy (non-hydrogen) atoms. The second kappa shape index (κ2) is 7.08. The van der Waals surface area contributed by atoms with Gasteiger partial charge in [-0.3, -0.25) is 0 Å². The van der Waals surface area contributed by atoms with E-state index >= 15 is 0 Å². The van der Waals surface area contributed by atoms with E-state index in [1.807, 2.05) is 19.2 Å². The highest BCUT2D eigenvalue weighted by Gasteiger charge is 2.21. The van der Waals surface area contributed by atoms with Crippen molar-refractivity contribution >= 4 is 28.9 Å². The molecule has 1 heterocycles. The molecule has 5 heteroatoms. The average Bonchev–Trinajstić information content (AvgIpc) is 3.00. The summed E-state index contributed by atoms with van der Waals surface area (Å²) in [7, 11) is 1.92. The van der Waals surface area contributed by atoms with Crippen molar-refractivity contribution in [1.82, 2.24) is 5.32 Å². The summed E-state index contributed by atoms with van der Waals surface area (Å²) < 4.78 is 14.4. The normalized spacial score (nSPS) is 14.4. The van der Waals surface area contributed by atoms with E-state index in [1.54, 1.807) is 12.1 Å². The zero-order valence-corrected chi connectivity index (χ0v) is 14.4. The molecule has 2 nitrogen and oxygen atoms in total. The van der Waals surface area contributed by atoms with Crippen molar-refractivity contribution in [3.05, 3.63) is 62.9 Å². The van der Waals surface area contributed by atoms with E-state index in [2.05, 4.69) is 16.7 Å². The van der Waals surface area contributed by atoms with Gasteiger partial charge in [0.15, 0.2) is 0 Å². The first-order valence-electron chi connectivity index (χ1n) is 7.76. The first-order chi connectivity index (χ1) is 11.1. The van der Waals surface area contributed by atoms with Gasteiger partial charge in [-0.15, -0.1) is 0 Å². The third-order valence-corrected chi connectivity index (χ3v) is 5.06. The number of rotatable bonds is 5. The Kier molecular flexibility index (Phi) is 5.10. The van der Waals surface area contributed by atoms with Gasteiger partial charge in [0, 0.05) is 12.5 Å². The van der Waals surface area contributed by atoms with Crippen molar-refractivity contribution in [1.29, 1.82) is 0 Å². The van der Waals surface area contributed by atoms with Crippen molar-refractivity contribution in [2.75, 3.05) is 25.5 Å². The van der Waals surface area contributed by atoms with Crippen LogP contribution in [-0.4, -0.2) is 20.1 Å². The van der Waals surface area contributed by atoms with Crippen LogP contribution in [0.4, 0.5) is 10.1 Å². The molecule has 0 saturated carbocycles. The standard InChI is InChI=1S/C18H19Cl2FN2/c1-22-6-5-14(11-2-3-15(19)16(20)9-11)13-8-12-4-7-23-18(12)17(21)10-13/h2-3,8-10,14,22-23H,4-7H2,1H3. The van der Waals surface area contributed by atoms with Crippen LogP contribution in [0.2, 0.25) is 10.0 Å². The van der Waals surface area contributed by atoms with Crippen LogP contribution in [0.3, 0.4) is 0 Å². The molecule has 1 aliphatic rings. The highest BCUT2D eigenvalue weighted by molar-refractivity contribution is 6.42. The lowest BCUT2D eigenvalue weighted by Crippen LogP contribution is -2.13. The van der Waals surface area contributed by atoms with Gasteiger partial charge in [-0.25, -0.2) is 4.39 Å². The summed E-state index contributed by atoms with van der Waals surface area (Å²) in [5.41, 5.74) is 3.74. The maximum absolute atomic E-state index is 14.4. The Bertz CT molecular complexity index is 718. The van der Waals surface area contributed by atoms with Gasteiger partial charge >= 0.3 is 0 Å². The summed E-state index contributed by atoms with van der Waals surface area (Å²) in [5, 5.41) is 7.34. The first kappa shape index (κ1) is 16.6. The van der Waals surface area contributed by atoms with Crippen LogP contribution in [0.1, 0.15) is 29.0 Å². The quantitative estimate of drug-likeness (QED) is 0.804. The Morgan fingerprint density at radius 2 is 2.00 bits per heavy atom. The minimum absolute atomic E-state index is 0.0811. The van der Waals surface area contributed by atoms with Crippen LogP contribution in [0.15, 0.2) is 30.3 Å². The Labute approximate surface area is 146 Å². The third-order valence-electron chi connectivity index (χ3n) is 4.32. The minimum Gasteiger partial charge on any atom is -0.382 e. The molecule has 0 radical (unpaired) electrons. The van der Waals surface area contributed by atoms with Gasteiger partial charge in [0.05, 0.1) is 15.7 Å². The fraction of sp³-hybridized carbons (Fsp3) is 0.333. The fourth-order valence-corrected chi connectivity index (χ4v) is 3.46. The van der Waals surface area contributed by atoms with Crippen LogP contribution in [0, 0.1) is 5.82 Å². The Hall–Kier alpha value is -1.29. The molecule has 2 N–H and O–H groups in total. The van der Waals surface area contributed by atoms with Crippen molar-refractivity contribution in [2.45, 2.75) is 18.8 Å². The van der Waals surface area contributed by atoms with Crippen LogP contribution >= 0.6 is 23.2 Å². The maximum atomic E-state index is 14.4. The fourth-order valence-electron chi connectivity index (χ4n) is 3.15. The highest BCUT2D eigenvalue weighted by atomic mass is 35.5. The number of anilines is 1. The summed E-state index contributed by atoms with van der Waals surface area (Å²) in [6.07, 6.45) is 1.72. The SMILES string of the molecule is CNCCC(c1ccc(Cl)c(Cl)c1)c1cc(F)c2c(c1)CCN2. The topological polar surface area (TPSA) is 24.1 Å². The van der Waals surface area contributed by atoms with Crippen molar-refractivity contribution in [3.8, 4) is 0 Å². The highest BCUT2D eigenvalue weighted by Crippen LogP contribution is 2.36. The van der Waals surface area contributed by atoms with E-state index in [0.29, 0.717) is 15.7 Å². The summed E-state index contributed by atoms with van der Waals surface area (Å²) >= 11 is 12.2. The van der Waals surface area contributed by atoms with Gasteiger partial charge in [0.2, 0.25) is 0 Å². The smallest absolute Gasteiger partial charge is 0.146 e. The average molecular weight is 353 g/mol. The number of halogens is 3. The number of fused-ring (bicyclic) bond motifs is 1. The van der Waals surface area contributed by atoms with Gasteiger partial charge < -0.3 is 10.6 Å². The Morgan fingerprint density at radius 1 is 1.17 bits per heavy atom. The summed E-state index contributed by atoms with van der Waals surface area (Å²) in [6.45, 7) is 1.63. The van der Waals surface area contributed by atoms with Gasteiger partial charge in [0.1, 0.15) is 5.82 Å². The van der Waals surface area contributed by atoms with E-state index in [0.717, 1.165) is 42.6 Å². The van der Waals surface area contributed by atoms with Crippen LogP contribution < -0.4 is 10.6 Å². The molecule has 122 valence electrons. The largest absolute Gasteiger partial charge is 0.382 e. The lowest BCUT2D eigenvalue weighted by Gasteiger charge is -2.20. The third kappa shape index (κ3) is 3.47. The molecule has 0 aromatic heterocycles. The first-order valence-corrected chi connectivity index (χ1v) is 8.51. The Balaban J connectivity index is 2.02. The molecular weight excluding hydrogens is 334 g/mol. The van der Waals surface area contributed by atoms with E-state index in [1.165, 1.54) is 0 Å². The van der Waals surface area contributed by atoms with Crippen molar-refractivity contribution in [2.24, 2.45) is 0 Å². The molecule has 0 saturated heterocycles. The Morgan fingerprint density at radius 3 is 2.74 bits per heavy atom. The molecule has 1 atom stereocenters. The molecular formula is C18H19Cl2FN2. The molecule has 0 amide bonds. The van der Waals surface area contributed by atoms with E-state index in [9.17, 15) is 4.39 Å². The molecule has 0 aliphatic carbocycles. The zero-order valence-electron chi connectivity index (χ0n) is 12.9. The number of nitrogens with one attached hydrogen (secondary N) is 2. The molecule has 0 fully saturated rings. The monoisotopic (exact) mass is 352 g/mol. The summed E-state index contributed by atoms with van der Waals surface area (Å²) in [6, 6.07) is 9.41. The van der Waals surface area contributed by atoms with Gasteiger partial charge in [-0.05, 0) is 61.3 Å². The molecule has 1 unspecified atom stereocenters. The maximum Gasteiger partial charge on any atom is 0.146 e. The summed E-state index contributed by atoms with van der Waals surface area (Å²) in [4.78, 5) is 0. The second-order valence-corrected chi connectivity index (χ2v) is 6.65. The van der Waals surface area contributed by atoms with Gasteiger partial charge in [-0.2, -0.15) is 0 Å². The van der Waals surface area contributed by atoms with Crippen LogP contribution in [0.5, 0.6) is 0 Å². The van der Waals surface area contributed by atoms with Gasteiger partial charge in [0.25, 0.3) is 0 Å². The molecule has 3 rings (SSSR count). The number of hydrogen-bond donors (Lipinski definition) is 2. The number of hydrogen-bond acceptors (Lipinski definition) is 2. The number of benzene rings is 2. The lowest BCUT2D eigenvalue weighted by molar-refractivity contribution is 0.619. The van der Waals surface area contributed by atoms with Crippen molar-refractivity contribution in [3.63, 3.8) is 0 Å². The molecule has 0 bridgehead atoms. The summed E-state index contributed by atoms with van der Waals surface area (Å²) in [5.74, 6) is -0.0952. The predicted octanol–water partition coefficient (Wildman–Crippen LogP) is 4.84. The van der Waals surface area contributed by atoms with E-state index in [-0.39, 0.29) is 11.7 Å². The van der Waals surface area contributed by atoms with Crippen LogP contribution in [0.25, 0.3) is 0 Å². The van der Waals surface area contributed by atoms with E-state index < -0.39 is 0 Å². The molecule has 1 aliphatic heterocycles. The lowest BCUT2D eigenvalue weighted by atomic mass is 9.87. The molecule has 2 aromatic rings. The van der Waals surface area contributed by atoms with E-state index in [4.69, 9.17) is 23.2 Å². The predicted molar refractivity (Wildman–Crippen MR) is 95.4 cm³/mol. The second-order valence-electron chi connectivity index (χ2n) is 5.83. The molecule has 2 aromatic carbocycles.